The summed E-state index contributed by atoms with van der Waals surface area (Å²) in [4.78, 5) is 14.8. The van der Waals surface area contributed by atoms with Crippen molar-refractivity contribution in [3.05, 3.63) is 52.4 Å². The van der Waals surface area contributed by atoms with E-state index in [1.807, 2.05) is 23.1 Å². The van der Waals surface area contributed by atoms with Crippen LogP contribution in [0, 0.1) is 0 Å². The maximum Gasteiger partial charge on any atom is 0.276 e. The lowest BCUT2D eigenvalue weighted by Crippen LogP contribution is -2.34. The van der Waals surface area contributed by atoms with E-state index < -0.39 is 0 Å². The van der Waals surface area contributed by atoms with Crippen molar-refractivity contribution >= 4 is 17.5 Å². The molecular weight excluding hydrogens is 324 g/mol. The predicted octanol–water partition coefficient (Wildman–Crippen LogP) is 4.62. The molecule has 0 bridgehead atoms. The number of carbonyl (C=O) groups excluding carboxylic acids is 1. The maximum absolute atomic E-state index is 12.8. The smallest absolute Gasteiger partial charge is 0.276 e. The number of nitrogens with zero attached hydrogens (tertiary/aromatic N) is 2. The Morgan fingerprint density at radius 3 is 2.67 bits per heavy atom. The normalized spacial score (nSPS) is 21.5. The Morgan fingerprint density at radius 1 is 1.12 bits per heavy atom. The number of halogens is 1. The molecule has 1 aliphatic heterocycles. The first-order chi connectivity index (χ1) is 11.7. The second-order valence-electron chi connectivity index (χ2n) is 6.88. The second-order valence-corrected chi connectivity index (χ2v) is 7.32. The van der Waals surface area contributed by atoms with Crippen molar-refractivity contribution in [3.63, 3.8) is 0 Å². The van der Waals surface area contributed by atoms with E-state index in [4.69, 9.17) is 16.1 Å². The van der Waals surface area contributed by atoms with Gasteiger partial charge in [0, 0.05) is 36.0 Å². The molecule has 0 radical (unpaired) electrons. The SMILES string of the molecule is O=C(c1cc(C2CC2)on1)N1CCCCC(c2ccc(Cl)cc2)C1. The molecule has 1 unspecified atom stereocenters. The molecule has 1 aromatic carbocycles. The van der Waals surface area contributed by atoms with Gasteiger partial charge in [-0.05, 0) is 43.4 Å². The van der Waals surface area contributed by atoms with Gasteiger partial charge < -0.3 is 9.42 Å². The lowest BCUT2D eigenvalue weighted by atomic mass is 9.94. The predicted molar refractivity (Wildman–Crippen MR) is 92.4 cm³/mol. The van der Waals surface area contributed by atoms with Gasteiger partial charge in [0.05, 0.1) is 0 Å². The Bertz CT molecular complexity index is 721. The van der Waals surface area contributed by atoms with Crippen molar-refractivity contribution in [3.8, 4) is 0 Å². The molecule has 4 nitrogen and oxygen atoms in total. The monoisotopic (exact) mass is 344 g/mol. The third-order valence-corrected chi connectivity index (χ3v) is 5.28. The first kappa shape index (κ1) is 15.7. The summed E-state index contributed by atoms with van der Waals surface area (Å²) in [5.41, 5.74) is 1.70. The number of benzene rings is 1. The summed E-state index contributed by atoms with van der Waals surface area (Å²) < 4.78 is 5.34. The number of rotatable bonds is 3. The fraction of sp³-hybridized carbons (Fsp3) is 0.474. The van der Waals surface area contributed by atoms with Crippen LogP contribution >= 0.6 is 11.6 Å². The van der Waals surface area contributed by atoms with Gasteiger partial charge in [-0.1, -0.05) is 35.3 Å². The average Bonchev–Trinajstić information content (AvgIpc) is 3.37. The Labute approximate surface area is 146 Å². The van der Waals surface area contributed by atoms with E-state index in [1.54, 1.807) is 0 Å². The van der Waals surface area contributed by atoms with Gasteiger partial charge in [-0.15, -0.1) is 0 Å². The van der Waals surface area contributed by atoms with Crippen LogP contribution in [0.25, 0.3) is 0 Å². The van der Waals surface area contributed by atoms with E-state index in [2.05, 4.69) is 17.3 Å². The van der Waals surface area contributed by atoms with Crippen LogP contribution < -0.4 is 0 Å². The zero-order valence-corrected chi connectivity index (χ0v) is 14.3. The number of likely N-dealkylation sites (tertiary alicyclic amines) is 1. The van der Waals surface area contributed by atoms with Crippen molar-refractivity contribution in [2.75, 3.05) is 13.1 Å². The van der Waals surface area contributed by atoms with Gasteiger partial charge in [-0.25, -0.2) is 0 Å². The summed E-state index contributed by atoms with van der Waals surface area (Å²) in [5.74, 6) is 1.68. The van der Waals surface area contributed by atoms with Gasteiger partial charge in [0.15, 0.2) is 5.69 Å². The fourth-order valence-corrected chi connectivity index (χ4v) is 3.57. The second kappa shape index (κ2) is 6.60. The first-order valence-corrected chi connectivity index (χ1v) is 9.10. The zero-order valence-electron chi connectivity index (χ0n) is 13.6. The summed E-state index contributed by atoms with van der Waals surface area (Å²) in [6.45, 7) is 1.51. The van der Waals surface area contributed by atoms with Crippen LogP contribution in [-0.4, -0.2) is 29.1 Å². The van der Waals surface area contributed by atoms with Gasteiger partial charge in [-0.3, -0.25) is 4.79 Å². The van der Waals surface area contributed by atoms with Crippen LogP contribution in [0.15, 0.2) is 34.9 Å². The van der Waals surface area contributed by atoms with Gasteiger partial charge in [0.1, 0.15) is 5.76 Å². The van der Waals surface area contributed by atoms with E-state index in [-0.39, 0.29) is 5.91 Å². The number of hydrogen-bond acceptors (Lipinski definition) is 3. The highest BCUT2D eigenvalue weighted by Gasteiger charge is 2.31. The molecule has 2 aromatic rings. The molecule has 4 rings (SSSR count). The van der Waals surface area contributed by atoms with Crippen LogP contribution in [0.5, 0.6) is 0 Å². The van der Waals surface area contributed by atoms with Crippen LogP contribution in [0.3, 0.4) is 0 Å². The van der Waals surface area contributed by atoms with Gasteiger partial charge in [-0.2, -0.15) is 0 Å². The molecule has 1 aromatic heterocycles. The summed E-state index contributed by atoms with van der Waals surface area (Å²) in [6.07, 6.45) is 5.54. The van der Waals surface area contributed by atoms with Crippen LogP contribution in [-0.2, 0) is 0 Å². The highest BCUT2D eigenvalue weighted by Crippen LogP contribution is 2.40. The van der Waals surface area contributed by atoms with Crippen LogP contribution in [0.1, 0.15) is 65.8 Å². The van der Waals surface area contributed by atoms with Crippen LogP contribution in [0.2, 0.25) is 5.02 Å². The Kier molecular flexibility index (Phi) is 4.31. The highest BCUT2D eigenvalue weighted by atomic mass is 35.5. The van der Waals surface area contributed by atoms with E-state index >= 15 is 0 Å². The number of amides is 1. The third kappa shape index (κ3) is 3.34. The van der Waals surface area contributed by atoms with E-state index in [1.165, 1.54) is 5.56 Å². The molecule has 2 fully saturated rings. The molecule has 1 amide bonds. The molecule has 1 aliphatic carbocycles. The minimum Gasteiger partial charge on any atom is -0.360 e. The lowest BCUT2D eigenvalue weighted by Gasteiger charge is -2.24. The Morgan fingerprint density at radius 2 is 1.92 bits per heavy atom. The molecule has 0 N–H and O–H groups in total. The zero-order chi connectivity index (χ0) is 16.5. The quantitative estimate of drug-likeness (QED) is 0.816. The summed E-state index contributed by atoms with van der Waals surface area (Å²) >= 11 is 5.99. The van der Waals surface area contributed by atoms with Crippen LogP contribution in [0.4, 0.5) is 0 Å². The molecule has 0 spiro atoms. The van der Waals surface area contributed by atoms with Gasteiger partial charge in [0.2, 0.25) is 0 Å². The molecule has 1 saturated heterocycles. The number of hydrogen-bond donors (Lipinski definition) is 0. The van der Waals surface area contributed by atoms with Gasteiger partial charge >= 0.3 is 0 Å². The van der Waals surface area contributed by atoms with Crippen molar-refractivity contribution in [2.45, 2.75) is 43.9 Å². The van der Waals surface area contributed by atoms with E-state index in [9.17, 15) is 4.79 Å². The molecule has 5 heteroatoms. The molecule has 2 heterocycles. The maximum atomic E-state index is 12.8. The fourth-order valence-electron chi connectivity index (χ4n) is 3.45. The topological polar surface area (TPSA) is 46.3 Å². The molecule has 24 heavy (non-hydrogen) atoms. The largest absolute Gasteiger partial charge is 0.360 e. The molecule has 2 aliphatic rings. The van der Waals surface area contributed by atoms with Crippen molar-refractivity contribution in [1.29, 1.82) is 0 Å². The average molecular weight is 345 g/mol. The lowest BCUT2D eigenvalue weighted by molar-refractivity contribution is 0.0744. The first-order valence-electron chi connectivity index (χ1n) is 8.72. The molecule has 126 valence electrons. The number of aromatic nitrogens is 1. The Balaban J connectivity index is 1.50. The van der Waals surface area contributed by atoms with Crippen molar-refractivity contribution < 1.29 is 9.32 Å². The molecular formula is C19H21ClN2O2. The molecule has 1 saturated carbocycles. The summed E-state index contributed by atoms with van der Waals surface area (Å²) in [7, 11) is 0. The number of carbonyl (C=O) groups is 1. The molecule has 1 atom stereocenters. The van der Waals surface area contributed by atoms with E-state index in [0.29, 0.717) is 17.5 Å². The minimum absolute atomic E-state index is 0.00786. The minimum atomic E-state index is -0.00786. The van der Waals surface area contributed by atoms with E-state index in [0.717, 1.165) is 56.0 Å². The summed E-state index contributed by atoms with van der Waals surface area (Å²) in [5, 5.41) is 4.75. The Hall–Kier alpha value is -1.81. The summed E-state index contributed by atoms with van der Waals surface area (Å²) in [6, 6.07) is 9.83. The van der Waals surface area contributed by atoms with Gasteiger partial charge in [0.25, 0.3) is 5.91 Å². The highest BCUT2D eigenvalue weighted by molar-refractivity contribution is 6.30. The standard InChI is InChI=1S/C19H21ClN2O2/c20-16-8-6-13(7-9-16)15-3-1-2-10-22(12-15)19(23)17-11-18(24-21-17)14-4-5-14/h6-9,11,14-15H,1-5,10,12H2. The third-order valence-electron chi connectivity index (χ3n) is 5.03. The van der Waals surface area contributed by atoms with Crippen molar-refractivity contribution in [2.24, 2.45) is 0 Å². The van der Waals surface area contributed by atoms with Crippen molar-refractivity contribution in [1.82, 2.24) is 10.1 Å².